The first kappa shape index (κ1) is 20.5. The van der Waals surface area contributed by atoms with Gasteiger partial charge in [0.05, 0.1) is 18.0 Å². The quantitative estimate of drug-likeness (QED) is 0.573. The van der Waals surface area contributed by atoms with Gasteiger partial charge in [0.2, 0.25) is 0 Å². The number of aromatic amines is 1. The van der Waals surface area contributed by atoms with Gasteiger partial charge in [0.15, 0.2) is 0 Å². The molecule has 2 aromatic heterocycles. The van der Waals surface area contributed by atoms with Crippen LogP contribution in [0.25, 0.3) is 10.2 Å². The minimum absolute atomic E-state index is 0.0372. The summed E-state index contributed by atoms with van der Waals surface area (Å²) in [6.45, 7) is 7.69. The molecule has 0 radical (unpaired) electrons. The molecule has 0 unspecified atom stereocenters. The topological polar surface area (TPSA) is 84.1 Å². The van der Waals surface area contributed by atoms with E-state index in [0.717, 1.165) is 5.56 Å². The van der Waals surface area contributed by atoms with E-state index in [0.29, 0.717) is 31.5 Å². The molecule has 0 saturated heterocycles. The van der Waals surface area contributed by atoms with E-state index >= 15 is 0 Å². The van der Waals surface area contributed by atoms with E-state index < -0.39 is 5.97 Å². The van der Waals surface area contributed by atoms with Crippen LogP contribution in [0.2, 0.25) is 5.02 Å². The Hall–Kier alpha value is -2.22. The van der Waals surface area contributed by atoms with Gasteiger partial charge in [0.25, 0.3) is 5.56 Å². The van der Waals surface area contributed by atoms with E-state index in [1.807, 2.05) is 38.1 Å². The van der Waals surface area contributed by atoms with Crippen molar-refractivity contribution < 1.29 is 9.53 Å². The first-order valence-electron chi connectivity index (χ1n) is 9.04. The molecule has 148 valence electrons. The highest BCUT2D eigenvalue weighted by Gasteiger charge is 2.22. The van der Waals surface area contributed by atoms with Crippen molar-refractivity contribution in [2.45, 2.75) is 39.8 Å². The number of thiophene rings is 1. The minimum Gasteiger partial charge on any atom is -0.462 e. The summed E-state index contributed by atoms with van der Waals surface area (Å²) in [6.07, 6.45) is 0. The van der Waals surface area contributed by atoms with Crippen LogP contribution in [0.4, 0.5) is 0 Å². The molecule has 3 rings (SSSR count). The molecule has 0 aliphatic rings. The third-order valence-electron chi connectivity index (χ3n) is 4.56. The summed E-state index contributed by atoms with van der Waals surface area (Å²) in [5.41, 5.74) is 1.31. The Bertz CT molecular complexity index is 1080. The minimum atomic E-state index is -0.428. The van der Waals surface area contributed by atoms with Crippen molar-refractivity contribution in [3.05, 3.63) is 61.5 Å². The monoisotopic (exact) mass is 419 g/mol. The molecule has 28 heavy (non-hydrogen) atoms. The van der Waals surface area contributed by atoms with E-state index in [4.69, 9.17) is 16.3 Å². The van der Waals surface area contributed by atoms with Crippen LogP contribution in [-0.2, 0) is 4.74 Å². The fourth-order valence-corrected chi connectivity index (χ4v) is 4.51. The molecule has 0 spiro atoms. The van der Waals surface area contributed by atoms with Gasteiger partial charge in [-0.2, -0.15) is 0 Å². The number of nitrogens with one attached hydrogen (secondary N) is 2. The van der Waals surface area contributed by atoms with Crippen molar-refractivity contribution in [2.75, 3.05) is 6.61 Å². The predicted octanol–water partition coefficient (Wildman–Crippen LogP) is 4.53. The van der Waals surface area contributed by atoms with Gasteiger partial charge < -0.3 is 15.0 Å². The Morgan fingerprint density at radius 1 is 1.32 bits per heavy atom. The molecule has 8 heteroatoms. The molecule has 1 aromatic carbocycles. The lowest BCUT2D eigenvalue weighted by molar-refractivity contribution is 0.0531. The van der Waals surface area contributed by atoms with Crippen molar-refractivity contribution in [2.24, 2.45) is 0 Å². The molecule has 2 heterocycles. The normalized spacial score (nSPS) is 13.5. The molecular weight excluding hydrogens is 398 g/mol. The summed E-state index contributed by atoms with van der Waals surface area (Å²) in [5, 5.41) is 4.52. The number of fused-ring (bicyclic) bond motifs is 1. The Balaban J connectivity index is 1.92. The summed E-state index contributed by atoms with van der Waals surface area (Å²) in [4.78, 5) is 33.1. The second-order valence-electron chi connectivity index (χ2n) is 6.54. The Morgan fingerprint density at radius 2 is 2.04 bits per heavy atom. The van der Waals surface area contributed by atoms with Crippen LogP contribution < -0.4 is 10.9 Å². The van der Waals surface area contributed by atoms with Crippen molar-refractivity contribution in [3.63, 3.8) is 0 Å². The van der Waals surface area contributed by atoms with Crippen molar-refractivity contribution in [1.82, 2.24) is 15.3 Å². The zero-order chi connectivity index (χ0) is 20.4. The maximum Gasteiger partial charge on any atom is 0.348 e. The van der Waals surface area contributed by atoms with Crippen molar-refractivity contribution >= 4 is 39.1 Å². The molecule has 0 bridgehead atoms. The van der Waals surface area contributed by atoms with Crippen LogP contribution in [0.15, 0.2) is 29.1 Å². The molecule has 0 fully saturated rings. The summed E-state index contributed by atoms with van der Waals surface area (Å²) in [5.74, 6) is 0.0792. The second kappa shape index (κ2) is 8.43. The van der Waals surface area contributed by atoms with Gasteiger partial charge in [-0.3, -0.25) is 4.79 Å². The van der Waals surface area contributed by atoms with E-state index in [1.165, 1.54) is 11.3 Å². The van der Waals surface area contributed by atoms with Gasteiger partial charge in [0, 0.05) is 11.1 Å². The van der Waals surface area contributed by atoms with Crippen molar-refractivity contribution in [3.8, 4) is 0 Å². The third-order valence-corrected chi connectivity index (χ3v) is 6.07. The number of H-pyrrole nitrogens is 1. The predicted molar refractivity (Wildman–Crippen MR) is 112 cm³/mol. The highest BCUT2D eigenvalue weighted by Crippen LogP contribution is 2.29. The van der Waals surface area contributed by atoms with Crippen LogP contribution in [0.5, 0.6) is 0 Å². The molecule has 3 aromatic rings. The Labute approximate surface area is 171 Å². The van der Waals surface area contributed by atoms with E-state index in [2.05, 4.69) is 15.3 Å². The molecule has 6 nitrogen and oxygen atoms in total. The largest absolute Gasteiger partial charge is 0.462 e. The average molecular weight is 420 g/mol. The van der Waals surface area contributed by atoms with E-state index in [9.17, 15) is 9.59 Å². The molecule has 0 aliphatic heterocycles. The molecular formula is C20H22ClN3O3S. The lowest BCUT2D eigenvalue weighted by Gasteiger charge is -2.20. The summed E-state index contributed by atoms with van der Waals surface area (Å²) < 4.78 is 5.08. The van der Waals surface area contributed by atoms with Crippen LogP contribution in [-0.4, -0.2) is 22.5 Å². The number of rotatable bonds is 6. The van der Waals surface area contributed by atoms with Crippen LogP contribution in [0.1, 0.15) is 59.5 Å². The Kier molecular flexibility index (Phi) is 6.17. The number of aryl methyl sites for hydroxylation is 1. The Morgan fingerprint density at radius 3 is 2.71 bits per heavy atom. The highest BCUT2D eigenvalue weighted by atomic mass is 35.5. The first-order valence-corrected chi connectivity index (χ1v) is 10.2. The SMILES string of the molecule is CCOC(=O)c1sc2nc([C@@H](C)N[C@@H](C)c3ccccc3Cl)[nH]c(=O)c2c1C. The number of halogens is 1. The summed E-state index contributed by atoms with van der Waals surface area (Å²) in [6, 6.07) is 7.36. The van der Waals surface area contributed by atoms with Crippen LogP contribution in [0.3, 0.4) is 0 Å². The molecule has 2 atom stereocenters. The molecule has 0 aliphatic carbocycles. The van der Waals surface area contributed by atoms with E-state index in [1.54, 1.807) is 13.8 Å². The number of aromatic nitrogens is 2. The number of carbonyl (C=O) groups is 1. The average Bonchev–Trinajstić information content (AvgIpc) is 2.99. The maximum atomic E-state index is 12.6. The zero-order valence-corrected chi connectivity index (χ0v) is 17.7. The molecule has 0 saturated carbocycles. The maximum absolute atomic E-state index is 12.6. The van der Waals surface area contributed by atoms with Gasteiger partial charge in [0.1, 0.15) is 15.5 Å². The van der Waals surface area contributed by atoms with Gasteiger partial charge >= 0.3 is 5.97 Å². The standard InChI is InChI=1S/C20H22ClN3O3S/c1-5-27-20(26)16-10(2)15-18(25)23-17(24-19(15)28-16)12(4)22-11(3)13-8-6-7-9-14(13)21/h6-9,11-12,22H,5H2,1-4H3,(H,23,24,25)/t11-,12+/m0/s1. The lowest BCUT2D eigenvalue weighted by atomic mass is 10.1. The third kappa shape index (κ3) is 3.97. The number of ether oxygens (including phenoxy) is 1. The summed E-state index contributed by atoms with van der Waals surface area (Å²) in [7, 11) is 0. The number of hydrogen-bond donors (Lipinski definition) is 2. The first-order chi connectivity index (χ1) is 13.3. The molecule has 0 amide bonds. The highest BCUT2D eigenvalue weighted by molar-refractivity contribution is 7.20. The zero-order valence-electron chi connectivity index (χ0n) is 16.1. The van der Waals surface area contributed by atoms with Gasteiger partial charge in [-0.25, -0.2) is 9.78 Å². The lowest BCUT2D eigenvalue weighted by Crippen LogP contribution is -2.26. The van der Waals surface area contributed by atoms with Crippen LogP contribution >= 0.6 is 22.9 Å². The van der Waals surface area contributed by atoms with Gasteiger partial charge in [-0.05, 0) is 44.9 Å². The number of benzene rings is 1. The fraction of sp³-hybridized carbons (Fsp3) is 0.350. The van der Waals surface area contributed by atoms with Gasteiger partial charge in [-0.15, -0.1) is 11.3 Å². The number of esters is 1. The number of carbonyl (C=O) groups excluding carboxylic acids is 1. The summed E-state index contributed by atoms with van der Waals surface area (Å²) >= 11 is 7.45. The molecule has 2 N–H and O–H groups in total. The smallest absolute Gasteiger partial charge is 0.348 e. The fourth-order valence-electron chi connectivity index (χ4n) is 3.13. The number of nitrogens with zero attached hydrogens (tertiary/aromatic N) is 1. The number of hydrogen-bond acceptors (Lipinski definition) is 6. The van der Waals surface area contributed by atoms with Crippen molar-refractivity contribution in [1.29, 1.82) is 0 Å². The second-order valence-corrected chi connectivity index (χ2v) is 7.95. The van der Waals surface area contributed by atoms with E-state index in [-0.39, 0.29) is 24.2 Å². The van der Waals surface area contributed by atoms with Crippen LogP contribution in [0, 0.1) is 6.92 Å². The van der Waals surface area contributed by atoms with Gasteiger partial charge in [-0.1, -0.05) is 29.8 Å².